The number of hydrogen-bond acceptors (Lipinski definition) is 3. The first-order valence-corrected chi connectivity index (χ1v) is 30.6. The Morgan fingerprint density at radius 2 is 0.646 bits per heavy atom. The van der Waals surface area contributed by atoms with Crippen LogP contribution < -0.4 is 14.4 Å². The molecular weight excluding hydrogens is 1230 g/mol. The van der Waals surface area contributed by atoms with Crippen LogP contribution in [0.25, 0.3) is 56.7 Å². The van der Waals surface area contributed by atoms with E-state index in [2.05, 4.69) is 13.2 Å². The number of benzene rings is 13. The fourth-order valence-electron chi connectivity index (χ4n) is 14.0. The van der Waals surface area contributed by atoms with Crippen molar-refractivity contribution in [2.24, 2.45) is 0 Å². The summed E-state index contributed by atoms with van der Waals surface area (Å²) in [6, 6.07) is 75.5. The second-order valence-corrected chi connectivity index (χ2v) is 23.5. The average Bonchev–Trinajstić information content (AvgIpc) is 1.51. The van der Waals surface area contributed by atoms with Crippen LogP contribution in [0.4, 0.5) is 56.6 Å². The molecule has 12 heteroatoms. The lowest BCUT2D eigenvalue weighted by molar-refractivity contribution is 0.399. The Balaban J connectivity index is 0.964. The van der Waals surface area contributed by atoms with Gasteiger partial charge in [-0.3, -0.25) is 0 Å². The molecule has 466 valence electrons. The quantitative estimate of drug-likeness (QED) is 0.0580. The van der Waals surface area contributed by atoms with Gasteiger partial charge in [-0.2, -0.15) is 0 Å². The molecule has 0 heterocycles. The molecule has 0 saturated carbocycles. The molecule has 0 fully saturated rings. The minimum absolute atomic E-state index is 0.325. The van der Waals surface area contributed by atoms with Gasteiger partial charge in [-0.05, 0) is 204 Å². The summed E-state index contributed by atoms with van der Waals surface area (Å²) in [5.41, 5.74) is 5.70. The first-order valence-electron chi connectivity index (χ1n) is 30.6. The van der Waals surface area contributed by atoms with Gasteiger partial charge in [0.2, 0.25) is 0 Å². The van der Waals surface area contributed by atoms with Crippen LogP contribution >= 0.6 is 0 Å². The molecular formula is C84H50F9NO2. The van der Waals surface area contributed by atoms with Crippen LogP contribution in [0.5, 0.6) is 23.0 Å². The summed E-state index contributed by atoms with van der Waals surface area (Å²) in [5.74, 6) is -13.2. The van der Waals surface area contributed by atoms with Gasteiger partial charge in [0.15, 0.2) is 46.5 Å². The maximum absolute atomic E-state index is 17.4. The number of fused-ring (bicyclic) bond motifs is 6. The van der Waals surface area contributed by atoms with Crippen LogP contribution in [-0.4, -0.2) is 0 Å². The van der Waals surface area contributed by atoms with Gasteiger partial charge in [0.05, 0.1) is 10.8 Å². The van der Waals surface area contributed by atoms with Crippen molar-refractivity contribution in [2.45, 2.75) is 10.8 Å². The number of anilines is 3. The van der Waals surface area contributed by atoms with Gasteiger partial charge >= 0.3 is 0 Å². The third-order valence-corrected chi connectivity index (χ3v) is 18.4. The predicted molar refractivity (Wildman–Crippen MR) is 359 cm³/mol. The van der Waals surface area contributed by atoms with Crippen molar-refractivity contribution in [1.82, 2.24) is 0 Å². The Hall–Kier alpha value is -11.9. The third-order valence-electron chi connectivity index (χ3n) is 18.4. The third kappa shape index (κ3) is 9.86. The molecule has 96 heavy (non-hydrogen) atoms. The van der Waals surface area contributed by atoms with E-state index in [9.17, 15) is 4.39 Å². The van der Waals surface area contributed by atoms with E-state index >= 15 is 35.1 Å². The van der Waals surface area contributed by atoms with Crippen molar-refractivity contribution in [2.75, 3.05) is 4.90 Å². The van der Waals surface area contributed by atoms with Gasteiger partial charge in [0.1, 0.15) is 28.8 Å². The minimum Gasteiger partial charge on any atom is -0.457 e. The minimum atomic E-state index is -2.01. The summed E-state index contributed by atoms with van der Waals surface area (Å²) in [6.07, 6.45) is 3.39. The van der Waals surface area contributed by atoms with Gasteiger partial charge in [0.25, 0.3) is 0 Å². The molecule has 0 bridgehead atoms. The summed E-state index contributed by atoms with van der Waals surface area (Å²) in [7, 11) is 0. The number of rotatable bonds is 15. The normalized spacial score (nSPS) is 14.9. The SMILES string of the molecule is C=Cc1ccc(Oc2ccc(C3(c4cc(F)c(F)c(F)c4F)c4ccccc4-c4ccc(N(c5ccc(-c6cccc(-c7ccc(F)cc7)c6)cc5)c5ccc6c(c5)C(c5ccc(Oc7ccc(C=C)cc7)cc5)(c5cc(F)c(F)c(F)c5F)c5ccccc5-6)cc43)cc2)cc1. The van der Waals surface area contributed by atoms with E-state index in [1.807, 2.05) is 114 Å². The molecule has 3 nitrogen and oxygen atoms in total. The van der Waals surface area contributed by atoms with Gasteiger partial charge in [-0.25, -0.2) is 39.5 Å². The zero-order chi connectivity index (χ0) is 66.1. The van der Waals surface area contributed by atoms with Gasteiger partial charge in [-0.15, -0.1) is 0 Å². The standard InChI is InChI=1S/C84H50F9NO2/c1-3-49-16-34-61(35-17-49)95-63-38-24-55(25-39-63)83(73-47-75(86)79(90)81(92)77(73)88)69-14-7-5-12-65(69)67-42-32-59(45-71(67)83)94(58-30-22-52(23-31-58)54-11-9-10-53(44-54)51-20-28-57(85)29-21-51)60-33-43-68-66-13-6-8-15-70(66)84(72(68)46-60,74-48-76(87)80(91)82(93)78(74)89)56-26-40-64(41-27-56)96-62-36-18-50(4-2)19-37-62/h3-48H,1-2H2. The zero-order valence-corrected chi connectivity index (χ0v) is 50.6. The lowest BCUT2D eigenvalue weighted by Gasteiger charge is -2.36. The molecule has 2 unspecified atom stereocenters. The predicted octanol–water partition coefficient (Wildman–Crippen LogP) is 23.3. The van der Waals surface area contributed by atoms with Crippen molar-refractivity contribution in [1.29, 1.82) is 0 Å². The monoisotopic (exact) mass is 1280 g/mol. The van der Waals surface area contributed by atoms with Crippen LogP contribution in [0.2, 0.25) is 0 Å². The number of hydrogen-bond donors (Lipinski definition) is 0. The molecule has 0 amide bonds. The fraction of sp³-hybridized carbons (Fsp3) is 0.0238. The summed E-state index contributed by atoms with van der Waals surface area (Å²) in [4.78, 5) is 1.87. The topological polar surface area (TPSA) is 21.7 Å². The second-order valence-electron chi connectivity index (χ2n) is 23.5. The zero-order valence-electron chi connectivity index (χ0n) is 50.6. The summed E-state index contributed by atoms with van der Waals surface area (Å²) < 4.78 is 157. The summed E-state index contributed by atoms with van der Waals surface area (Å²) in [5, 5.41) is 0. The molecule has 0 N–H and O–H groups in total. The highest BCUT2D eigenvalue weighted by atomic mass is 19.2. The highest BCUT2D eigenvalue weighted by molar-refractivity contribution is 5.93. The molecule has 0 spiro atoms. The molecule has 2 aliphatic rings. The average molecular weight is 1280 g/mol. The maximum atomic E-state index is 17.4. The Kier molecular flexibility index (Phi) is 15.0. The molecule has 0 saturated heterocycles. The molecule has 13 aromatic carbocycles. The van der Waals surface area contributed by atoms with Crippen LogP contribution in [0, 0.1) is 52.4 Å². The van der Waals surface area contributed by atoms with Gasteiger partial charge < -0.3 is 14.4 Å². The Bertz CT molecular complexity index is 4990. The Labute approximate surface area is 546 Å². The van der Waals surface area contributed by atoms with Crippen LogP contribution in [0.15, 0.2) is 280 Å². The van der Waals surface area contributed by atoms with Crippen molar-refractivity contribution in [3.63, 3.8) is 0 Å². The van der Waals surface area contributed by atoms with Crippen molar-refractivity contribution in [3.05, 3.63) is 388 Å². The molecule has 2 aliphatic carbocycles. The maximum Gasteiger partial charge on any atom is 0.197 e. The number of nitrogens with zero attached hydrogens (tertiary/aromatic N) is 1. The lowest BCUT2D eigenvalue weighted by atomic mass is 9.67. The Morgan fingerprint density at radius 3 is 1.05 bits per heavy atom. The van der Waals surface area contributed by atoms with E-state index < -0.39 is 68.5 Å². The van der Waals surface area contributed by atoms with Crippen molar-refractivity contribution < 1.29 is 49.0 Å². The molecule has 2 atom stereocenters. The van der Waals surface area contributed by atoms with Crippen LogP contribution in [0.3, 0.4) is 0 Å². The number of ether oxygens (including phenoxy) is 2. The van der Waals surface area contributed by atoms with E-state index in [-0.39, 0.29) is 5.82 Å². The van der Waals surface area contributed by atoms with Gasteiger partial charge in [-0.1, -0.05) is 177 Å². The van der Waals surface area contributed by atoms with E-state index in [1.165, 1.54) is 12.1 Å². The van der Waals surface area contributed by atoms with Crippen LogP contribution in [-0.2, 0) is 10.8 Å². The Morgan fingerprint density at radius 1 is 0.281 bits per heavy atom. The fourth-order valence-corrected chi connectivity index (χ4v) is 14.0. The van der Waals surface area contributed by atoms with Gasteiger partial charge in [0, 0.05) is 28.2 Å². The van der Waals surface area contributed by atoms with E-state index in [0.717, 1.165) is 33.4 Å². The van der Waals surface area contributed by atoms with Crippen LogP contribution in [0.1, 0.15) is 55.6 Å². The highest BCUT2D eigenvalue weighted by Gasteiger charge is 2.51. The first-order chi connectivity index (χ1) is 46.7. The first kappa shape index (κ1) is 60.4. The highest BCUT2D eigenvalue weighted by Crippen LogP contribution is 2.61. The largest absolute Gasteiger partial charge is 0.457 e. The lowest BCUT2D eigenvalue weighted by Crippen LogP contribution is -2.31. The van der Waals surface area contributed by atoms with E-state index in [4.69, 9.17) is 9.47 Å². The summed E-state index contributed by atoms with van der Waals surface area (Å²) in [6.45, 7) is 7.65. The molecule has 0 radical (unpaired) electrons. The second kappa shape index (κ2) is 23.9. The molecule has 0 aromatic heterocycles. The molecule has 0 aliphatic heterocycles. The molecule has 13 aromatic rings. The smallest absolute Gasteiger partial charge is 0.197 e. The molecule has 15 rings (SSSR count). The van der Waals surface area contributed by atoms with Crippen molar-refractivity contribution >= 4 is 29.2 Å². The van der Waals surface area contributed by atoms with E-state index in [1.54, 1.807) is 146 Å². The number of halogens is 9. The van der Waals surface area contributed by atoms with E-state index in [0.29, 0.717) is 108 Å². The summed E-state index contributed by atoms with van der Waals surface area (Å²) >= 11 is 0. The van der Waals surface area contributed by atoms with Crippen molar-refractivity contribution in [3.8, 4) is 67.5 Å².